The first-order valence-electron chi connectivity index (χ1n) is 4.71. The molecule has 0 aliphatic heterocycles. The molecule has 0 atom stereocenters. The van der Waals surface area contributed by atoms with Gasteiger partial charge in [0.1, 0.15) is 0 Å². The molecule has 0 aromatic carbocycles. The molecule has 0 aromatic rings. The summed E-state index contributed by atoms with van der Waals surface area (Å²) in [5.41, 5.74) is 0. The fourth-order valence-corrected chi connectivity index (χ4v) is 1.13. The molecule has 2 heteroatoms. The zero-order chi connectivity index (χ0) is 8.69. The van der Waals surface area contributed by atoms with Crippen molar-refractivity contribution in [2.45, 2.75) is 19.3 Å². The van der Waals surface area contributed by atoms with Gasteiger partial charge in [-0.2, -0.15) is 0 Å². The van der Waals surface area contributed by atoms with Crippen molar-refractivity contribution >= 4 is 0 Å². The number of hydrogen-bond donors (Lipinski definition) is 2. The maximum Gasteiger partial charge on any atom is 0.0766 e. The monoisotopic (exact) mass is 160 g/mol. The SMILES string of the molecule is C[NH+](C)CCCCC[NH+](C)C. The maximum atomic E-state index is 2.22. The van der Waals surface area contributed by atoms with Crippen molar-refractivity contribution in [3.05, 3.63) is 0 Å². The molecule has 0 aliphatic rings. The van der Waals surface area contributed by atoms with E-state index in [1.54, 1.807) is 9.80 Å². The molecule has 0 fully saturated rings. The molecule has 0 saturated heterocycles. The van der Waals surface area contributed by atoms with Gasteiger partial charge in [-0.15, -0.1) is 0 Å². The third kappa shape index (κ3) is 9.92. The molecule has 0 amide bonds. The lowest BCUT2D eigenvalue weighted by atomic mass is 10.2. The largest absolute Gasteiger partial charge is 0.340 e. The Morgan fingerprint density at radius 1 is 0.636 bits per heavy atom. The van der Waals surface area contributed by atoms with Crippen LogP contribution in [-0.2, 0) is 0 Å². The Morgan fingerprint density at radius 2 is 1.00 bits per heavy atom. The first-order valence-corrected chi connectivity index (χ1v) is 4.71. The van der Waals surface area contributed by atoms with E-state index in [2.05, 4.69) is 28.2 Å². The summed E-state index contributed by atoms with van der Waals surface area (Å²) < 4.78 is 0. The fourth-order valence-electron chi connectivity index (χ4n) is 1.13. The Balaban J connectivity index is 2.91. The van der Waals surface area contributed by atoms with E-state index in [-0.39, 0.29) is 0 Å². The van der Waals surface area contributed by atoms with E-state index in [0.29, 0.717) is 0 Å². The second-order valence-electron chi connectivity index (χ2n) is 3.97. The van der Waals surface area contributed by atoms with E-state index >= 15 is 0 Å². The number of unbranched alkanes of at least 4 members (excludes halogenated alkanes) is 2. The van der Waals surface area contributed by atoms with Crippen LogP contribution in [0.15, 0.2) is 0 Å². The van der Waals surface area contributed by atoms with Crippen molar-refractivity contribution in [3.8, 4) is 0 Å². The van der Waals surface area contributed by atoms with E-state index in [1.165, 1.54) is 32.4 Å². The van der Waals surface area contributed by atoms with Crippen molar-refractivity contribution in [2.75, 3.05) is 41.3 Å². The lowest BCUT2D eigenvalue weighted by Crippen LogP contribution is -3.06. The van der Waals surface area contributed by atoms with E-state index < -0.39 is 0 Å². The molecule has 0 aromatic heterocycles. The van der Waals surface area contributed by atoms with Crippen LogP contribution in [-0.4, -0.2) is 41.3 Å². The molecule has 0 heterocycles. The van der Waals surface area contributed by atoms with Crippen molar-refractivity contribution < 1.29 is 9.80 Å². The third-order valence-corrected chi connectivity index (χ3v) is 1.85. The van der Waals surface area contributed by atoms with Crippen LogP contribution in [0.4, 0.5) is 0 Å². The van der Waals surface area contributed by atoms with Gasteiger partial charge in [0.15, 0.2) is 0 Å². The molecule has 0 aliphatic carbocycles. The van der Waals surface area contributed by atoms with E-state index in [9.17, 15) is 0 Å². The standard InChI is InChI=1S/C9H22N2/c1-10(2)8-6-5-7-9-11(3)4/h5-9H2,1-4H3/p+2. The van der Waals surface area contributed by atoms with Gasteiger partial charge in [-0.25, -0.2) is 0 Å². The Bertz CT molecular complexity index is 69.6. The molecular formula is C9H24N2+2. The minimum absolute atomic E-state index is 1.32. The van der Waals surface area contributed by atoms with Gasteiger partial charge in [0.2, 0.25) is 0 Å². The van der Waals surface area contributed by atoms with Gasteiger partial charge in [0.25, 0.3) is 0 Å². The average Bonchev–Trinajstić information content (AvgIpc) is 1.85. The van der Waals surface area contributed by atoms with Gasteiger partial charge in [-0.3, -0.25) is 0 Å². The third-order valence-electron chi connectivity index (χ3n) is 1.85. The highest BCUT2D eigenvalue weighted by atomic mass is 15.1. The molecule has 0 rings (SSSR count). The normalized spacial score (nSPS) is 11.5. The van der Waals surface area contributed by atoms with Crippen LogP contribution in [0.1, 0.15) is 19.3 Å². The second-order valence-corrected chi connectivity index (χ2v) is 3.97. The van der Waals surface area contributed by atoms with Crippen LogP contribution in [0.3, 0.4) is 0 Å². The molecule has 2 nitrogen and oxygen atoms in total. The van der Waals surface area contributed by atoms with Crippen LogP contribution >= 0.6 is 0 Å². The first kappa shape index (κ1) is 10.9. The van der Waals surface area contributed by atoms with Crippen LogP contribution in [0, 0.1) is 0 Å². The number of nitrogens with one attached hydrogen (secondary N) is 2. The van der Waals surface area contributed by atoms with Gasteiger partial charge in [-0.05, 0) is 19.3 Å². The van der Waals surface area contributed by atoms with Gasteiger partial charge in [0, 0.05) is 0 Å². The minimum Gasteiger partial charge on any atom is -0.340 e. The zero-order valence-corrected chi connectivity index (χ0v) is 8.54. The summed E-state index contributed by atoms with van der Waals surface area (Å²) >= 11 is 0. The molecule has 0 radical (unpaired) electrons. The summed E-state index contributed by atoms with van der Waals surface area (Å²) in [5, 5.41) is 0. The Hall–Kier alpha value is -0.0800. The molecule has 68 valence electrons. The van der Waals surface area contributed by atoms with Crippen molar-refractivity contribution in [1.29, 1.82) is 0 Å². The molecule has 0 unspecified atom stereocenters. The molecule has 0 bridgehead atoms. The summed E-state index contributed by atoms with van der Waals surface area (Å²) in [7, 11) is 8.88. The van der Waals surface area contributed by atoms with Crippen LogP contribution in [0.2, 0.25) is 0 Å². The topological polar surface area (TPSA) is 8.88 Å². The van der Waals surface area contributed by atoms with Gasteiger partial charge >= 0.3 is 0 Å². The lowest BCUT2D eigenvalue weighted by molar-refractivity contribution is -0.860. The van der Waals surface area contributed by atoms with Crippen molar-refractivity contribution in [1.82, 2.24) is 0 Å². The van der Waals surface area contributed by atoms with E-state index in [1.807, 2.05) is 0 Å². The Morgan fingerprint density at radius 3 is 1.27 bits per heavy atom. The smallest absolute Gasteiger partial charge is 0.0766 e. The van der Waals surface area contributed by atoms with E-state index in [0.717, 1.165) is 0 Å². The predicted octanol–water partition coefficient (Wildman–Crippen LogP) is -1.55. The minimum atomic E-state index is 1.32. The van der Waals surface area contributed by atoms with E-state index in [4.69, 9.17) is 0 Å². The summed E-state index contributed by atoms with van der Waals surface area (Å²) in [6.45, 7) is 2.64. The van der Waals surface area contributed by atoms with Gasteiger partial charge in [-0.1, -0.05) is 0 Å². The molecule has 0 saturated carbocycles. The highest BCUT2D eigenvalue weighted by Gasteiger charge is 1.96. The Kier molecular flexibility index (Phi) is 6.57. The predicted molar refractivity (Wildman–Crippen MR) is 49.2 cm³/mol. The first-order chi connectivity index (χ1) is 5.13. The highest BCUT2D eigenvalue weighted by Crippen LogP contribution is 1.88. The zero-order valence-electron chi connectivity index (χ0n) is 8.54. The fraction of sp³-hybridized carbons (Fsp3) is 1.00. The van der Waals surface area contributed by atoms with Crippen LogP contribution < -0.4 is 9.80 Å². The molecule has 2 N–H and O–H groups in total. The highest BCUT2D eigenvalue weighted by molar-refractivity contribution is 4.36. The summed E-state index contributed by atoms with van der Waals surface area (Å²) in [6.07, 6.45) is 4.17. The van der Waals surface area contributed by atoms with Gasteiger partial charge < -0.3 is 9.80 Å². The maximum absolute atomic E-state index is 2.22. The van der Waals surface area contributed by atoms with Crippen molar-refractivity contribution in [3.63, 3.8) is 0 Å². The van der Waals surface area contributed by atoms with Crippen molar-refractivity contribution in [2.24, 2.45) is 0 Å². The summed E-state index contributed by atoms with van der Waals surface area (Å²) in [4.78, 5) is 3.14. The van der Waals surface area contributed by atoms with Gasteiger partial charge in [0.05, 0.1) is 41.3 Å². The number of quaternary nitrogens is 2. The van der Waals surface area contributed by atoms with Crippen LogP contribution in [0.5, 0.6) is 0 Å². The lowest BCUT2D eigenvalue weighted by Gasteiger charge is -2.08. The summed E-state index contributed by atoms with van der Waals surface area (Å²) in [6, 6.07) is 0. The van der Waals surface area contributed by atoms with Crippen LogP contribution in [0.25, 0.3) is 0 Å². The number of hydrogen-bond acceptors (Lipinski definition) is 0. The molecule has 11 heavy (non-hydrogen) atoms. The molecule has 0 spiro atoms. The molecular weight excluding hydrogens is 136 g/mol. The average molecular weight is 160 g/mol. The second kappa shape index (κ2) is 6.62. The number of rotatable bonds is 6. The summed E-state index contributed by atoms with van der Waals surface area (Å²) in [5.74, 6) is 0. The Labute approximate surface area is 71.2 Å². The quantitative estimate of drug-likeness (QED) is 0.435.